The number of benzene rings is 2. The lowest BCUT2D eigenvalue weighted by molar-refractivity contribution is -0.126. The Morgan fingerprint density at radius 1 is 1.18 bits per heavy atom. The van der Waals surface area contributed by atoms with Gasteiger partial charge in [-0.3, -0.25) is 9.59 Å². The molecule has 0 aliphatic rings. The van der Waals surface area contributed by atoms with Crippen molar-refractivity contribution >= 4 is 69.5 Å². The van der Waals surface area contributed by atoms with Crippen molar-refractivity contribution in [3.63, 3.8) is 0 Å². The Labute approximate surface area is 185 Å². The minimum absolute atomic E-state index is 0.207. The Balaban J connectivity index is 1.94. The van der Waals surface area contributed by atoms with Gasteiger partial charge in [-0.1, -0.05) is 29.3 Å². The number of anilines is 1. The van der Waals surface area contributed by atoms with E-state index in [1.54, 1.807) is 31.4 Å². The quantitative estimate of drug-likeness (QED) is 0.242. The van der Waals surface area contributed by atoms with E-state index in [-0.39, 0.29) is 5.02 Å². The predicted octanol–water partition coefficient (Wildman–Crippen LogP) is 4.09. The molecule has 2 rings (SSSR count). The van der Waals surface area contributed by atoms with Crippen LogP contribution in [0, 0.1) is 3.57 Å². The topological polar surface area (TPSA) is 89.0 Å². The maximum atomic E-state index is 12.0. The van der Waals surface area contributed by atoms with Crippen molar-refractivity contribution in [2.45, 2.75) is 6.42 Å². The van der Waals surface area contributed by atoms with Gasteiger partial charge in [0, 0.05) is 0 Å². The minimum atomic E-state index is -0.581. The van der Waals surface area contributed by atoms with Gasteiger partial charge >= 0.3 is 0 Å². The zero-order valence-corrected chi connectivity index (χ0v) is 18.6. The number of rotatable bonds is 7. The monoisotopic (exact) mass is 535 g/mol. The van der Waals surface area contributed by atoms with Gasteiger partial charge in [-0.15, -0.1) is 0 Å². The molecule has 0 spiro atoms. The third-order valence-corrected chi connectivity index (χ3v) is 5.03. The van der Waals surface area contributed by atoms with Crippen LogP contribution in [0.3, 0.4) is 0 Å². The van der Waals surface area contributed by atoms with Crippen LogP contribution in [-0.2, 0) is 9.59 Å². The Bertz CT molecular complexity index is 922. The zero-order chi connectivity index (χ0) is 20.7. The highest BCUT2D eigenvalue weighted by atomic mass is 127. The Morgan fingerprint density at radius 3 is 2.61 bits per heavy atom. The summed E-state index contributed by atoms with van der Waals surface area (Å²) < 4.78 is 11.3. The van der Waals surface area contributed by atoms with E-state index >= 15 is 0 Å². The number of halogens is 3. The molecule has 28 heavy (non-hydrogen) atoms. The first-order valence-electron chi connectivity index (χ1n) is 7.83. The fourth-order valence-electron chi connectivity index (χ4n) is 2.17. The molecule has 0 radical (unpaired) electrons. The molecule has 0 aliphatic heterocycles. The second-order valence-electron chi connectivity index (χ2n) is 5.36. The summed E-state index contributed by atoms with van der Waals surface area (Å²) in [6.07, 6.45) is 1.01. The lowest BCUT2D eigenvalue weighted by atomic mass is 10.2. The molecule has 0 heterocycles. The summed E-state index contributed by atoms with van der Waals surface area (Å²) >= 11 is 14.0. The second kappa shape index (κ2) is 10.5. The number of methoxy groups -OCH3 is 2. The van der Waals surface area contributed by atoms with Gasteiger partial charge in [0.05, 0.1) is 39.7 Å². The molecule has 0 aromatic heterocycles. The van der Waals surface area contributed by atoms with Crippen molar-refractivity contribution in [3.05, 3.63) is 49.5 Å². The number of hydrogen-bond acceptors (Lipinski definition) is 5. The number of hydrogen-bond donors (Lipinski definition) is 2. The minimum Gasteiger partial charge on any atom is -0.493 e. The van der Waals surface area contributed by atoms with Gasteiger partial charge in [0.15, 0.2) is 11.5 Å². The van der Waals surface area contributed by atoms with E-state index in [2.05, 4.69) is 38.4 Å². The number of carbonyl (C=O) groups excluding carboxylic acids is 2. The number of hydrazone groups is 1. The van der Waals surface area contributed by atoms with E-state index in [0.717, 1.165) is 3.57 Å². The van der Waals surface area contributed by atoms with Gasteiger partial charge in [-0.2, -0.15) is 5.10 Å². The molecule has 2 amide bonds. The normalized spacial score (nSPS) is 10.6. The molecule has 10 heteroatoms. The molecule has 7 nitrogen and oxygen atoms in total. The zero-order valence-electron chi connectivity index (χ0n) is 14.9. The molecule has 2 aromatic carbocycles. The number of amides is 2. The summed E-state index contributed by atoms with van der Waals surface area (Å²) in [6.45, 7) is 0. The predicted molar refractivity (Wildman–Crippen MR) is 118 cm³/mol. The molecular weight excluding hydrogens is 520 g/mol. The first-order valence-corrected chi connectivity index (χ1v) is 9.66. The van der Waals surface area contributed by atoms with Gasteiger partial charge in [-0.05, 0) is 52.4 Å². The standard InChI is InChI=1S/C18H16Cl2IN3O4/c1-27-14-7-10(6-12(21)18(14)28-2)9-22-24-16(26)8-15(25)23-13-5-3-4-11(19)17(13)20/h3-7,9H,8H2,1-2H3,(H,23,25)(H,24,26). The van der Waals surface area contributed by atoms with Crippen LogP contribution >= 0.6 is 45.8 Å². The van der Waals surface area contributed by atoms with Gasteiger partial charge < -0.3 is 14.8 Å². The van der Waals surface area contributed by atoms with Crippen molar-refractivity contribution in [2.24, 2.45) is 5.10 Å². The summed E-state index contributed by atoms with van der Waals surface area (Å²) in [4.78, 5) is 23.8. The number of nitrogens with one attached hydrogen (secondary N) is 2. The van der Waals surface area contributed by atoms with E-state index < -0.39 is 18.2 Å². The average molecular weight is 536 g/mol. The number of ether oxygens (including phenoxy) is 2. The van der Waals surface area contributed by atoms with E-state index in [1.807, 2.05) is 6.07 Å². The van der Waals surface area contributed by atoms with Gasteiger partial charge in [0.25, 0.3) is 0 Å². The Morgan fingerprint density at radius 2 is 1.93 bits per heavy atom. The molecule has 0 unspecified atom stereocenters. The van der Waals surface area contributed by atoms with Crippen LogP contribution in [0.1, 0.15) is 12.0 Å². The van der Waals surface area contributed by atoms with Crippen molar-refractivity contribution in [3.8, 4) is 11.5 Å². The van der Waals surface area contributed by atoms with E-state index in [0.29, 0.717) is 27.8 Å². The Kier molecular flexibility index (Phi) is 8.34. The van der Waals surface area contributed by atoms with E-state index in [1.165, 1.54) is 13.3 Å². The summed E-state index contributed by atoms with van der Waals surface area (Å²) in [7, 11) is 3.08. The molecule has 0 fully saturated rings. The van der Waals surface area contributed by atoms with Crippen molar-refractivity contribution < 1.29 is 19.1 Å². The summed E-state index contributed by atoms with van der Waals surface area (Å²) in [5.74, 6) is 0.0280. The lowest BCUT2D eigenvalue weighted by Gasteiger charge is -2.10. The molecule has 0 saturated heterocycles. The SMILES string of the molecule is COc1cc(C=NNC(=O)CC(=O)Nc2cccc(Cl)c2Cl)cc(I)c1OC. The highest BCUT2D eigenvalue weighted by Crippen LogP contribution is 2.33. The Hall–Kier alpha value is -2.04. The first kappa shape index (κ1) is 22.3. The van der Waals surface area contributed by atoms with Gasteiger partial charge in [-0.25, -0.2) is 5.43 Å². The molecule has 2 N–H and O–H groups in total. The fraction of sp³-hybridized carbons (Fsp3) is 0.167. The van der Waals surface area contributed by atoms with Crippen molar-refractivity contribution in [1.82, 2.24) is 5.43 Å². The molecule has 0 bridgehead atoms. The highest BCUT2D eigenvalue weighted by molar-refractivity contribution is 14.1. The molecular formula is C18H16Cl2IN3O4. The highest BCUT2D eigenvalue weighted by Gasteiger charge is 2.12. The van der Waals surface area contributed by atoms with Crippen LogP contribution in [-0.4, -0.2) is 32.2 Å². The summed E-state index contributed by atoms with van der Waals surface area (Å²) in [5, 5.41) is 6.89. The maximum absolute atomic E-state index is 12.0. The average Bonchev–Trinajstić information content (AvgIpc) is 2.64. The molecule has 2 aromatic rings. The van der Waals surface area contributed by atoms with Gasteiger partial charge in [0.2, 0.25) is 11.8 Å². The van der Waals surface area contributed by atoms with Crippen molar-refractivity contribution in [1.29, 1.82) is 0 Å². The maximum Gasteiger partial charge on any atom is 0.249 e. The molecule has 0 aliphatic carbocycles. The largest absolute Gasteiger partial charge is 0.493 e. The van der Waals surface area contributed by atoms with Crippen LogP contribution in [0.25, 0.3) is 0 Å². The molecule has 0 saturated carbocycles. The number of nitrogens with zero attached hydrogens (tertiary/aromatic N) is 1. The van der Waals surface area contributed by atoms with Crippen LogP contribution in [0.4, 0.5) is 5.69 Å². The smallest absolute Gasteiger partial charge is 0.249 e. The van der Waals surface area contributed by atoms with Crippen molar-refractivity contribution in [2.75, 3.05) is 19.5 Å². The van der Waals surface area contributed by atoms with Crippen LogP contribution in [0.2, 0.25) is 10.0 Å². The molecule has 0 atom stereocenters. The second-order valence-corrected chi connectivity index (χ2v) is 7.31. The summed E-state index contributed by atoms with van der Waals surface area (Å²) in [6, 6.07) is 8.34. The van der Waals surface area contributed by atoms with E-state index in [4.69, 9.17) is 32.7 Å². The fourth-order valence-corrected chi connectivity index (χ4v) is 3.36. The number of carbonyl (C=O) groups is 2. The van der Waals surface area contributed by atoms with Gasteiger partial charge in [0.1, 0.15) is 6.42 Å². The molecule has 148 valence electrons. The van der Waals surface area contributed by atoms with Crippen LogP contribution in [0.15, 0.2) is 35.4 Å². The van der Waals surface area contributed by atoms with Crippen LogP contribution in [0.5, 0.6) is 11.5 Å². The van der Waals surface area contributed by atoms with Crippen LogP contribution < -0.4 is 20.2 Å². The first-order chi connectivity index (χ1) is 13.3. The third-order valence-electron chi connectivity index (χ3n) is 3.41. The van der Waals surface area contributed by atoms with E-state index in [9.17, 15) is 9.59 Å². The third kappa shape index (κ3) is 5.98. The summed E-state index contributed by atoms with van der Waals surface area (Å²) in [5.41, 5.74) is 3.32. The lowest BCUT2D eigenvalue weighted by Crippen LogP contribution is -2.24.